The molecule has 140 valence electrons. The maximum Gasteiger partial charge on any atom is 0.261 e. The fourth-order valence-corrected chi connectivity index (χ4v) is 3.20. The molecule has 0 fully saturated rings. The van der Waals surface area contributed by atoms with Crippen LogP contribution in [0.4, 0.5) is 5.69 Å². The maximum atomic E-state index is 12.5. The summed E-state index contributed by atoms with van der Waals surface area (Å²) in [6.07, 6.45) is 4.58. The normalized spacial score (nSPS) is 10.9. The van der Waals surface area contributed by atoms with Crippen molar-refractivity contribution in [3.05, 3.63) is 76.3 Å². The van der Waals surface area contributed by atoms with Gasteiger partial charge in [-0.1, -0.05) is 28.1 Å². The fourth-order valence-electron chi connectivity index (χ4n) is 2.84. The lowest BCUT2D eigenvalue weighted by atomic mass is 10.2. The van der Waals surface area contributed by atoms with Crippen molar-refractivity contribution in [2.45, 2.75) is 13.0 Å². The Balaban J connectivity index is 1.51. The van der Waals surface area contributed by atoms with Crippen LogP contribution in [0.5, 0.6) is 0 Å². The van der Waals surface area contributed by atoms with E-state index in [-0.39, 0.29) is 24.4 Å². The summed E-state index contributed by atoms with van der Waals surface area (Å²) in [7, 11) is 0. The van der Waals surface area contributed by atoms with E-state index in [1.54, 1.807) is 35.3 Å². The number of hydrogen-bond donors (Lipinski definition) is 1. The van der Waals surface area contributed by atoms with Gasteiger partial charge in [0.1, 0.15) is 12.7 Å². The van der Waals surface area contributed by atoms with Gasteiger partial charge >= 0.3 is 0 Å². The fraction of sp³-hybridized carbons (Fsp3) is 0.105. The second-order valence-corrected chi connectivity index (χ2v) is 6.98. The Labute approximate surface area is 168 Å². The molecule has 0 aliphatic carbocycles. The molecule has 0 radical (unpaired) electrons. The van der Waals surface area contributed by atoms with Gasteiger partial charge in [0, 0.05) is 17.4 Å². The topological polar surface area (TPSA) is 94.7 Å². The number of aromatic nitrogens is 5. The van der Waals surface area contributed by atoms with Crippen molar-refractivity contribution >= 4 is 38.4 Å². The van der Waals surface area contributed by atoms with Crippen LogP contribution >= 0.6 is 15.9 Å². The van der Waals surface area contributed by atoms with Gasteiger partial charge in [0.15, 0.2) is 0 Å². The molecule has 1 N–H and O–H groups in total. The summed E-state index contributed by atoms with van der Waals surface area (Å²) in [5.74, 6) is -0.223. The number of aryl methyl sites for hydroxylation is 1. The number of fused-ring (bicyclic) bond motifs is 1. The van der Waals surface area contributed by atoms with E-state index in [2.05, 4.69) is 36.3 Å². The largest absolute Gasteiger partial charge is 0.324 e. The van der Waals surface area contributed by atoms with Crippen LogP contribution in [0.3, 0.4) is 0 Å². The van der Waals surface area contributed by atoms with E-state index in [1.807, 2.05) is 18.2 Å². The van der Waals surface area contributed by atoms with Crippen molar-refractivity contribution in [3.8, 4) is 5.69 Å². The van der Waals surface area contributed by atoms with Gasteiger partial charge < -0.3 is 5.32 Å². The van der Waals surface area contributed by atoms with Gasteiger partial charge in [0.2, 0.25) is 5.91 Å². The van der Waals surface area contributed by atoms with Crippen LogP contribution in [-0.2, 0) is 11.3 Å². The molecule has 0 spiro atoms. The SMILES string of the molecule is O=C(CCn1cnc2ccccc2c1=O)Nc1cc(Br)ccc1-n1cncn1. The number of carbonyl (C=O) groups is 1. The molecule has 0 saturated carbocycles. The summed E-state index contributed by atoms with van der Waals surface area (Å²) in [5.41, 5.74) is 1.76. The highest BCUT2D eigenvalue weighted by atomic mass is 79.9. The van der Waals surface area contributed by atoms with E-state index >= 15 is 0 Å². The Kier molecular flexibility index (Phi) is 4.98. The summed E-state index contributed by atoms with van der Waals surface area (Å²) in [6.45, 7) is 0.231. The Bertz CT molecular complexity index is 1200. The first kappa shape index (κ1) is 18.1. The molecular formula is C19H15BrN6O2. The van der Waals surface area contributed by atoms with Gasteiger partial charge in [-0.2, -0.15) is 5.10 Å². The number of benzene rings is 2. The molecule has 2 aromatic heterocycles. The molecule has 2 aromatic carbocycles. The van der Waals surface area contributed by atoms with Crippen LogP contribution in [0.15, 0.2) is 70.7 Å². The van der Waals surface area contributed by atoms with Gasteiger partial charge in [-0.15, -0.1) is 0 Å². The first-order valence-corrected chi connectivity index (χ1v) is 9.30. The zero-order valence-corrected chi connectivity index (χ0v) is 16.2. The predicted octanol–water partition coefficient (Wildman–Crippen LogP) is 2.77. The molecule has 0 unspecified atom stereocenters. The van der Waals surface area contributed by atoms with Crippen molar-refractivity contribution in [1.29, 1.82) is 0 Å². The number of para-hydroxylation sites is 1. The second kappa shape index (κ2) is 7.73. The van der Waals surface area contributed by atoms with Crippen LogP contribution in [0.1, 0.15) is 6.42 Å². The monoisotopic (exact) mass is 438 g/mol. The summed E-state index contributed by atoms with van der Waals surface area (Å²) in [4.78, 5) is 33.2. The zero-order chi connectivity index (χ0) is 19.5. The van der Waals surface area contributed by atoms with E-state index in [1.165, 1.54) is 17.2 Å². The molecule has 4 rings (SSSR count). The quantitative estimate of drug-likeness (QED) is 0.516. The van der Waals surface area contributed by atoms with Crippen LogP contribution in [0, 0.1) is 0 Å². The lowest BCUT2D eigenvalue weighted by Gasteiger charge is -2.12. The number of rotatable bonds is 5. The Morgan fingerprint density at radius 1 is 1.14 bits per heavy atom. The summed E-state index contributed by atoms with van der Waals surface area (Å²) < 4.78 is 3.84. The minimum atomic E-state index is -0.223. The Hall–Kier alpha value is -3.33. The Morgan fingerprint density at radius 2 is 2.00 bits per heavy atom. The van der Waals surface area contributed by atoms with Crippen molar-refractivity contribution in [1.82, 2.24) is 24.3 Å². The number of nitrogens with one attached hydrogen (secondary N) is 1. The van der Waals surface area contributed by atoms with E-state index in [0.717, 1.165) is 4.47 Å². The third-order valence-corrected chi connectivity index (χ3v) is 4.70. The third kappa shape index (κ3) is 3.70. The molecule has 0 aliphatic rings. The van der Waals surface area contributed by atoms with Gasteiger partial charge in [-0.05, 0) is 30.3 Å². The lowest BCUT2D eigenvalue weighted by molar-refractivity contribution is -0.116. The minimum Gasteiger partial charge on any atom is -0.324 e. The molecule has 0 bridgehead atoms. The van der Waals surface area contributed by atoms with Crippen molar-refractivity contribution in [3.63, 3.8) is 0 Å². The van der Waals surface area contributed by atoms with E-state index in [0.29, 0.717) is 22.3 Å². The molecule has 8 nitrogen and oxygen atoms in total. The molecule has 0 aliphatic heterocycles. The third-order valence-electron chi connectivity index (χ3n) is 4.21. The maximum absolute atomic E-state index is 12.5. The molecule has 9 heteroatoms. The average Bonchev–Trinajstić information content (AvgIpc) is 3.22. The first-order valence-electron chi connectivity index (χ1n) is 8.50. The molecular weight excluding hydrogens is 424 g/mol. The summed E-state index contributed by atoms with van der Waals surface area (Å²) >= 11 is 3.41. The smallest absolute Gasteiger partial charge is 0.261 e. The minimum absolute atomic E-state index is 0.128. The number of halogens is 1. The van der Waals surface area contributed by atoms with E-state index in [9.17, 15) is 9.59 Å². The van der Waals surface area contributed by atoms with E-state index < -0.39 is 0 Å². The van der Waals surface area contributed by atoms with Gasteiger partial charge in [-0.3, -0.25) is 14.2 Å². The molecule has 4 aromatic rings. The van der Waals surface area contributed by atoms with Crippen LogP contribution in [0.25, 0.3) is 16.6 Å². The first-order chi connectivity index (χ1) is 13.6. The summed E-state index contributed by atoms with van der Waals surface area (Å²) in [6, 6.07) is 12.6. The van der Waals surface area contributed by atoms with E-state index in [4.69, 9.17) is 0 Å². The number of hydrogen-bond acceptors (Lipinski definition) is 5. The number of nitrogens with zero attached hydrogens (tertiary/aromatic N) is 5. The molecule has 2 heterocycles. The van der Waals surface area contributed by atoms with Crippen LogP contribution < -0.4 is 10.9 Å². The second-order valence-electron chi connectivity index (χ2n) is 6.06. The highest BCUT2D eigenvalue weighted by molar-refractivity contribution is 9.10. The number of amides is 1. The lowest BCUT2D eigenvalue weighted by Crippen LogP contribution is -2.24. The number of anilines is 1. The van der Waals surface area contributed by atoms with Crippen LogP contribution in [-0.4, -0.2) is 30.2 Å². The Morgan fingerprint density at radius 3 is 2.82 bits per heavy atom. The van der Waals surface area contributed by atoms with Crippen molar-refractivity contribution in [2.24, 2.45) is 0 Å². The highest BCUT2D eigenvalue weighted by Gasteiger charge is 2.11. The standard InChI is InChI=1S/C19H15BrN6O2/c20-13-5-6-17(26-11-21-10-23-26)16(9-13)24-18(27)7-8-25-12-22-15-4-2-1-3-14(15)19(25)28/h1-6,9-12H,7-8H2,(H,24,27). The number of carbonyl (C=O) groups excluding carboxylic acids is 1. The van der Waals surface area contributed by atoms with Gasteiger partial charge in [-0.25, -0.2) is 14.6 Å². The zero-order valence-electron chi connectivity index (χ0n) is 14.6. The predicted molar refractivity (Wildman–Crippen MR) is 108 cm³/mol. The van der Waals surface area contributed by atoms with Crippen molar-refractivity contribution < 1.29 is 4.79 Å². The van der Waals surface area contributed by atoms with Gasteiger partial charge in [0.25, 0.3) is 5.56 Å². The summed E-state index contributed by atoms with van der Waals surface area (Å²) in [5, 5.41) is 7.51. The molecule has 0 saturated heterocycles. The average molecular weight is 439 g/mol. The van der Waals surface area contributed by atoms with Crippen molar-refractivity contribution in [2.75, 3.05) is 5.32 Å². The highest BCUT2D eigenvalue weighted by Crippen LogP contribution is 2.24. The van der Waals surface area contributed by atoms with Crippen LogP contribution in [0.2, 0.25) is 0 Å². The van der Waals surface area contributed by atoms with Gasteiger partial charge in [0.05, 0.1) is 28.6 Å². The molecule has 28 heavy (non-hydrogen) atoms. The molecule has 1 amide bonds. The molecule has 0 atom stereocenters.